The maximum absolute atomic E-state index is 8.91. The first kappa shape index (κ1) is 6.16. The topological polar surface area (TPSA) is 56.2 Å². The maximum Gasteiger partial charge on any atom is 0.191 e. The molecule has 50 valence electrons. The minimum absolute atomic E-state index is 0.0748. The molecule has 1 aromatic rings. The van der Waals surface area contributed by atoms with E-state index in [2.05, 4.69) is 4.98 Å². The summed E-state index contributed by atoms with van der Waals surface area (Å²) >= 11 is 0. The lowest BCUT2D eigenvalue weighted by Gasteiger charge is -1.91. The SMILES string of the molecule is OCCc1cc[nH]c1O. The molecule has 0 spiro atoms. The van der Waals surface area contributed by atoms with Crippen LogP contribution in [0.3, 0.4) is 0 Å². The van der Waals surface area contributed by atoms with Crippen molar-refractivity contribution in [1.29, 1.82) is 0 Å². The Morgan fingerprint density at radius 3 is 2.78 bits per heavy atom. The summed E-state index contributed by atoms with van der Waals surface area (Å²) in [5, 5.41) is 17.4. The summed E-state index contributed by atoms with van der Waals surface area (Å²) in [6.45, 7) is 0.0748. The fraction of sp³-hybridized carbons (Fsp3) is 0.333. The number of aromatic amines is 1. The minimum atomic E-state index is 0.0748. The van der Waals surface area contributed by atoms with E-state index in [1.807, 2.05) is 0 Å². The van der Waals surface area contributed by atoms with Crippen molar-refractivity contribution >= 4 is 0 Å². The molecule has 3 N–H and O–H groups in total. The summed E-state index contributed by atoms with van der Waals surface area (Å²) in [7, 11) is 0. The van der Waals surface area contributed by atoms with Gasteiger partial charge in [-0.25, -0.2) is 0 Å². The van der Waals surface area contributed by atoms with Crippen LogP contribution in [0.4, 0.5) is 0 Å². The molecule has 1 rings (SSSR count). The van der Waals surface area contributed by atoms with Gasteiger partial charge in [-0.2, -0.15) is 0 Å². The number of nitrogens with one attached hydrogen (secondary N) is 1. The molecule has 0 bridgehead atoms. The third kappa shape index (κ3) is 1.23. The van der Waals surface area contributed by atoms with E-state index in [0.29, 0.717) is 6.42 Å². The predicted molar refractivity (Wildman–Crippen MR) is 33.2 cm³/mol. The van der Waals surface area contributed by atoms with E-state index in [0.717, 1.165) is 5.56 Å². The van der Waals surface area contributed by atoms with E-state index in [1.54, 1.807) is 12.3 Å². The highest BCUT2D eigenvalue weighted by Gasteiger charge is 1.97. The number of rotatable bonds is 2. The summed E-state index contributed by atoms with van der Waals surface area (Å²) in [6.07, 6.45) is 2.15. The lowest BCUT2D eigenvalue weighted by Crippen LogP contribution is -1.87. The Morgan fingerprint density at radius 2 is 2.33 bits per heavy atom. The van der Waals surface area contributed by atoms with E-state index in [4.69, 9.17) is 10.2 Å². The van der Waals surface area contributed by atoms with Crippen molar-refractivity contribution in [3.8, 4) is 5.88 Å². The van der Waals surface area contributed by atoms with Crippen LogP contribution in [0.5, 0.6) is 5.88 Å². The molecule has 0 fully saturated rings. The van der Waals surface area contributed by atoms with Gasteiger partial charge in [0.05, 0.1) is 0 Å². The number of aliphatic hydroxyl groups is 1. The lowest BCUT2D eigenvalue weighted by atomic mass is 10.2. The first-order valence-electron chi connectivity index (χ1n) is 2.80. The largest absolute Gasteiger partial charge is 0.494 e. The number of hydrogen-bond donors (Lipinski definition) is 3. The molecule has 1 heterocycles. The third-order valence-corrected chi connectivity index (χ3v) is 1.19. The molecular formula is C6H9NO2. The Labute approximate surface area is 53.0 Å². The zero-order chi connectivity index (χ0) is 6.69. The van der Waals surface area contributed by atoms with Crippen molar-refractivity contribution in [2.75, 3.05) is 6.61 Å². The fourth-order valence-corrected chi connectivity index (χ4v) is 0.715. The number of aromatic nitrogens is 1. The summed E-state index contributed by atoms with van der Waals surface area (Å²) in [5.41, 5.74) is 0.762. The third-order valence-electron chi connectivity index (χ3n) is 1.19. The second-order valence-electron chi connectivity index (χ2n) is 1.83. The maximum atomic E-state index is 8.91. The van der Waals surface area contributed by atoms with Crippen LogP contribution in [-0.4, -0.2) is 21.8 Å². The number of H-pyrrole nitrogens is 1. The van der Waals surface area contributed by atoms with Crippen molar-refractivity contribution in [2.24, 2.45) is 0 Å². The summed E-state index contributed by atoms with van der Waals surface area (Å²) in [4.78, 5) is 2.60. The molecule has 0 aromatic carbocycles. The van der Waals surface area contributed by atoms with Crippen molar-refractivity contribution < 1.29 is 10.2 Å². The summed E-state index contributed by atoms with van der Waals surface area (Å²) in [6, 6.07) is 1.74. The molecule has 0 radical (unpaired) electrons. The smallest absolute Gasteiger partial charge is 0.191 e. The van der Waals surface area contributed by atoms with Crippen molar-refractivity contribution in [3.63, 3.8) is 0 Å². The molecule has 0 unspecified atom stereocenters. The second-order valence-corrected chi connectivity index (χ2v) is 1.83. The highest BCUT2D eigenvalue weighted by atomic mass is 16.3. The number of aliphatic hydroxyl groups excluding tert-OH is 1. The second kappa shape index (κ2) is 2.55. The fourth-order valence-electron chi connectivity index (χ4n) is 0.715. The molecule has 0 aliphatic rings. The standard InChI is InChI=1S/C6H9NO2/c8-4-2-5-1-3-7-6(5)9/h1,3,7-9H,2,4H2. The van der Waals surface area contributed by atoms with E-state index in [9.17, 15) is 0 Å². The van der Waals surface area contributed by atoms with Crippen LogP contribution in [0, 0.1) is 0 Å². The minimum Gasteiger partial charge on any atom is -0.494 e. The molecule has 0 saturated carbocycles. The Balaban J connectivity index is 2.69. The molecule has 3 heteroatoms. The molecule has 3 nitrogen and oxygen atoms in total. The zero-order valence-electron chi connectivity index (χ0n) is 4.96. The van der Waals surface area contributed by atoms with Gasteiger partial charge in [0.1, 0.15) is 0 Å². The van der Waals surface area contributed by atoms with Crippen LogP contribution < -0.4 is 0 Å². The molecule has 0 saturated heterocycles. The molecule has 0 atom stereocenters. The lowest BCUT2D eigenvalue weighted by molar-refractivity contribution is 0.297. The van der Waals surface area contributed by atoms with Gasteiger partial charge in [-0.3, -0.25) is 0 Å². The van der Waals surface area contributed by atoms with Crippen LogP contribution in [0.2, 0.25) is 0 Å². The zero-order valence-corrected chi connectivity index (χ0v) is 4.96. The van der Waals surface area contributed by atoms with Crippen LogP contribution >= 0.6 is 0 Å². The van der Waals surface area contributed by atoms with Crippen molar-refractivity contribution in [2.45, 2.75) is 6.42 Å². The van der Waals surface area contributed by atoms with Gasteiger partial charge in [0.15, 0.2) is 5.88 Å². The van der Waals surface area contributed by atoms with Gasteiger partial charge in [-0.1, -0.05) is 0 Å². The van der Waals surface area contributed by atoms with Gasteiger partial charge in [0.2, 0.25) is 0 Å². The Morgan fingerprint density at radius 1 is 1.56 bits per heavy atom. The van der Waals surface area contributed by atoms with Crippen LogP contribution in [-0.2, 0) is 6.42 Å². The highest BCUT2D eigenvalue weighted by Crippen LogP contribution is 2.12. The molecular weight excluding hydrogens is 118 g/mol. The quantitative estimate of drug-likeness (QED) is 0.533. The predicted octanol–water partition coefficient (Wildman–Crippen LogP) is 0.255. The molecule has 9 heavy (non-hydrogen) atoms. The summed E-state index contributed by atoms with van der Waals surface area (Å²) < 4.78 is 0. The Bertz CT molecular complexity index is 183. The molecule has 0 aliphatic carbocycles. The number of hydrogen-bond acceptors (Lipinski definition) is 2. The first-order chi connectivity index (χ1) is 4.34. The van der Waals surface area contributed by atoms with Crippen molar-refractivity contribution in [3.05, 3.63) is 17.8 Å². The van der Waals surface area contributed by atoms with Crippen LogP contribution in [0.15, 0.2) is 12.3 Å². The van der Waals surface area contributed by atoms with Crippen LogP contribution in [0.25, 0.3) is 0 Å². The molecule has 0 aliphatic heterocycles. The van der Waals surface area contributed by atoms with Gasteiger partial charge in [0, 0.05) is 24.8 Å². The van der Waals surface area contributed by atoms with Crippen molar-refractivity contribution in [1.82, 2.24) is 4.98 Å². The first-order valence-corrected chi connectivity index (χ1v) is 2.80. The van der Waals surface area contributed by atoms with Gasteiger partial charge in [-0.05, 0) is 6.07 Å². The van der Waals surface area contributed by atoms with Gasteiger partial charge in [-0.15, -0.1) is 0 Å². The molecule has 1 aromatic heterocycles. The van der Waals surface area contributed by atoms with E-state index in [1.165, 1.54) is 0 Å². The van der Waals surface area contributed by atoms with E-state index < -0.39 is 0 Å². The Kier molecular flexibility index (Phi) is 1.75. The summed E-state index contributed by atoms with van der Waals surface area (Å²) in [5.74, 6) is 0.157. The van der Waals surface area contributed by atoms with Gasteiger partial charge < -0.3 is 15.2 Å². The van der Waals surface area contributed by atoms with Crippen LogP contribution in [0.1, 0.15) is 5.56 Å². The normalized spacial score (nSPS) is 9.89. The average molecular weight is 127 g/mol. The highest BCUT2D eigenvalue weighted by molar-refractivity contribution is 5.24. The Hall–Kier alpha value is -0.960. The monoisotopic (exact) mass is 127 g/mol. The van der Waals surface area contributed by atoms with E-state index >= 15 is 0 Å². The van der Waals surface area contributed by atoms with Gasteiger partial charge >= 0.3 is 0 Å². The number of aromatic hydroxyl groups is 1. The average Bonchev–Trinajstić information content (AvgIpc) is 2.18. The van der Waals surface area contributed by atoms with E-state index in [-0.39, 0.29) is 12.5 Å². The van der Waals surface area contributed by atoms with Gasteiger partial charge in [0.25, 0.3) is 0 Å². The molecule has 0 amide bonds.